The van der Waals surface area contributed by atoms with Gasteiger partial charge in [-0.1, -0.05) is 43.7 Å². The number of benzene rings is 3. The molecule has 0 aliphatic rings. The second-order valence-corrected chi connectivity index (χ2v) is 12.8. The number of sulfonamides is 1. The first-order chi connectivity index (χ1) is 21.4. The number of ether oxygens (including phenoxy) is 4. The second kappa shape index (κ2) is 15.5. The Morgan fingerprint density at radius 3 is 2.00 bits per heavy atom. The van der Waals surface area contributed by atoms with Crippen molar-refractivity contribution in [2.75, 3.05) is 45.8 Å². The number of anilines is 1. The van der Waals surface area contributed by atoms with Crippen molar-refractivity contribution < 1.29 is 37.0 Å². The van der Waals surface area contributed by atoms with E-state index in [1.165, 1.54) is 57.6 Å². The number of hydrogen-bond acceptors (Lipinski definition) is 8. The molecule has 3 aromatic rings. The lowest BCUT2D eigenvalue weighted by molar-refractivity contribution is -0.139. The van der Waals surface area contributed by atoms with Crippen molar-refractivity contribution in [1.82, 2.24) is 10.2 Å². The van der Waals surface area contributed by atoms with E-state index >= 15 is 0 Å². The Hall–Kier alpha value is -4.45. The van der Waals surface area contributed by atoms with Crippen LogP contribution in [0, 0.1) is 12.8 Å². The summed E-state index contributed by atoms with van der Waals surface area (Å²) < 4.78 is 51.3. The van der Waals surface area contributed by atoms with Gasteiger partial charge in [0.25, 0.3) is 10.0 Å². The van der Waals surface area contributed by atoms with Crippen molar-refractivity contribution in [3.63, 3.8) is 0 Å². The minimum absolute atomic E-state index is 0.0761. The van der Waals surface area contributed by atoms with Crippen LogP contribution in [0.2, 0.25) is 0 Å². The van der Waals surface area contributed by atoms with E-state index in [1.807, 2.05) is 45.0 Å². The summed E-state index contributed by atoms with van der Waals surface area (Å²) in [5.41, 5.74) is 1.90. The van der Waals surface area contributed by atoms with Gasteiger partial charge in [0.1, 0.15) is 24.1 Å². The lowest BCUT2D eigenvalue weighted by Crippen LogP contribution is -2.51. The minimum atomic E-state index is -4.43. The third-order valence-corrected chi connectivity index (χ3v) is 8.96. The van der Waals surface area contributed by atoms with E-state index in [-0.39, 0.29) is 40.5 Å². The molecule has 11 nitrogen and oxygen atoms in total. The number of carbonyl (C=O) groups excluding carboxylic acids is 2. The highest BCUT2D eigenvalue weighted by Crippen LogP contribution is 2.37. The number of hydrogen-bond donors (Lipinski definition) is 1. The molecular formula is C33H43N3O8S. The Morgan fingerprint density at radius 2 is 1.42 bits per heavy atom. The smallest absolute Gasteiger partial charge is 0.265 e. The molecule has 0 saturated carbocycles. The van der Waals surface area contributed by atoms with E-state index in [9.17, 15) is 18.0 Å². The van der Waals surface area contributed by atoms with Crippen LogP contribution in [0.4, 0.5) is 5.69 Å². The fraction of sp³-hybridized carbons (Fsp3) is 0.394. The highest BCUT2D eigenvalue weighted by atomic mass is 32.2. The first-order valence-corrected chi connectivity index (χ1v) is 15.9. The number of nitrogens with zero attached hydrogens (tertiary/aromatic N) is 2. The molecule has 2 amide bonds. The zero-order valence-corrected chi connectivity index (χ0v) is 27.9. The molecule has 0 aliphatic carbocycles. The van der Waals surface area contributed by atoms with Gasteiger partial charge in [-0.05, 0) is 49.6 Å². The second-order valence-electron chi connectivity index (χ2n) is 10.9. The summed E-state index contributed by atoms with van der Waals surface area (Å²) in [5.74, 6) is 0.325. The van der Waals surface area contributed by atoms with Gasteiger partial charge in [0.05, 0.1) is 39.0 Å². The van der Waals surface area contributed by atoms with Gasteiger partial charge in [0, 0.05) is 25.2 Å². The molecule has 12 heteroatoms. The van der Waals surface area contributed by atoms with Crippen molar-refractivity contribution in [3.05, 3.63) is 71.8 Å². The van der Waals surface area contributed by atoms with E-state index in [4.69, 9.17) is 18.9 Å². The molecule has 45 heavy (non-hydrogen) atoms. The number of aryl methyl sites for hydroxylation is 1. The molecule has 0 aliphatic heterocycles. The molecule has 244 valence electrons. The molecule has 0 aromatic heterocycles. The van der Waals surface area contributed by atoms with E-state index in [0.717, 1.165) is 15.4 Å². The van der Waals surface area contributed by atoms with Gasteiger partial charge < -0.3 is 29.2 Å². The molecule has 1 atom stereocenters. The number of amides is 2. The van der Waals surface area contributed by atoms with Crippen LogP contribution in [-0.4, -0.2) is 72.7 Å². The maximum absolute atomic E-state index is 14.4. The first-order valence-electron chi connectivity index (χ1n) is 14.5. The predicted molar refractivity (Wildman–Crippen MR) is 173 cm³/mol. The summed E-state index contributed by atoms with van der Waals surface area (Å²) in [4.78, 5) is 28.7. The third-order valence-electron chi connectivity index (χ3n) is 7.20. The molecule has 0 unspecified atom stereocenters. The zero-order valence-electron chi connectivity index (χ0n) is 27.1. The maximum atomic E-state index is 14.4. The van der Waals surface area contributed by atoms with Crippen LogP contribution < -0.4 is 28.6 Å². The van der Waals surface area contributed by atoms with E-state index in [0.29, 0.717) is 18.0 Å². The van der Waals surface area contributed by atoms with Crippen LogP contribution in [0.25, 0.3) is 0 Å². The van der Waals surface area contributed by atoms with Crippen LogP contribution in [0.3, 0.4) is 0 Å². The van der Waals surface area contributed by atoms with Crippen LogP contribution in [0.15, 0.2) is 65.6 Å². The van der Waals surface area contributed by atoms with Gasteiger partial charge in [-0.2, -0.15) is 0 Å². The SMILES string of the molecule is COc1ccc(OC)c(N(CC(=O)N(Cc2ccc(C)cc2)[C@H](C)C(=O)NCC(C)C)S(=O)(=O)c2ccc(OC)c(OC)c2)c1. The molecule has 3 aromatic carbocycles. The number of rotatable bonds is 15. The molecule has 0 fully saturated rings. The van der Waals surface area contributed by atoms with E-state index in [2.05, 4.69) is 5.32 Å². The van der Waals surface area contributed by atoms with Gasteiger partial charge in [-0.15, -0.1) is 0 Å². The van der Waals surface area contributed by atoms with Gasteiger partial charge in [0.15, 0.2) is 11.5 Å². The summed E-state index contributed by atoms with van der Waals surface area (Å²) in [6.45, 7) is 7.38. The molecule has 1 N–H and O–H groups in total. The summed E-state index contributed by atoms with van der Waals surface area (Å²) in [5, 5.41) is 2.88. The summed E-state index contributed by atoms with van der Waals surface area (Å²) >= 11 is 0. The van der Waals surface area contributed by atoms with Crippen LogP contribution in [0.5, 0.6) is 23.0 Å². The largest absolute Gasteiger partial charge is 0.497 e. The molecular weight excluding hydrogens is 598 g/mol. The Balaban J connectivity index is 2.15. The topological polar surface area (TPSA) is 124 Å². The lowest BCUT2D eigenvalue weighted by Gasteiger charge is -2.32. The molecule has 0 radical (unpaired) electrons. The Morgan fingerprint density at radius 1 is 0.800 bits per heavy atom. The molecule has 0 bridgehead atoms. The quantitative estimate of drug-likeness (QED) is 0.259. The van der Waals surface area contributed by atoms with Gasteiger partial charge in [0.2, 0.25) is 11.8 Å². The first kappa shape index (κ1) is 35.0. The predicted octanol–water partition coefficient (Wildman–Crippen LogP) is 4.41. The van der Waals surface area contributed by atoms with Crippen LogP contribution in [-0.2, 0) is 26.2 Å². The Kier molecular flexibility index (Phi) is 12.1. The fourth-order valence-electron chi connectivity index (χ4n) is 4.53. The minimum Gasteiger partial charge on any atom is -0.497 e. The number of carbonyl (C=O) groups is 2. The molecule has 0 saturated heterocycles. The molecule has 0 spiro atoms. The highest BCUT2D eigenvalue weighted by molar-refractivity contribution is 7.92. The third kappa shape index (κ3) is 8.59. The van der Waals surface area contributed by atoms with Crippen molar-refractivity contribution in [2.24, 2.45) is 5.92 Å². The summed E-state index contributed by atoms with van der Waals surface area (Å²) in [6, 6.07) is 15.5. The van der Waals surface area contributed by atoms with E-state index in [1.54, 1.807) is 19.1 Å². The maximum Gasteiger partial charge on any atom is 0.265 e. The van der Waals surface area contributed by atoms with Crippen molar-refractivity contribution in [1.29, 1.82) is 0 Å². The summed E-state index contributed by atoms with van der Waals surface area (Å²) in [6.07, 6.45) is 0. The average Bonchev–Trinajstić information content (AvgIpc) is 3.04. The van der Waals surface area contributed by atoms with Crippen LogP contribution in [0.1, 0.15) is 31.9 Å². The van der Waals surface area contributed by atoms with Crippen molar-refractivity contribution in [3.8, 4) is 23.0 Å². The summed E-state index contributed by atoms with van der Waals surface area (Å²) in [7, 11) is 1.26. The highest BCUT2D eigenvalue weighted by Gasteiger charge is 2.34. The number of nitrogens with one attached hydrogen (secondary N) is 1. The van der Waals surface area contributed by atoms with Crippen molar-refractivity contribution in [2.45, 2.75) is 45.2 Å². The van der Waals surface area contributed by atoms with Gasteiger partial charge >= 0.3 is 0 Å². The fourth-order valence-corrected chi connectivity index (χ4v) is 5.97. The standard InChI is InChI=1S/C33H43N3O8S/c1-22(2)19-34-33(38)24(4)35(20-25-11-9-23(3)10-12-25)32(37)21-36(28-17-26(41-5)13-15-29(28)42-6)45(39,40)27-14-16-30(43-7)31(18-27)44-8/h9-18,22,24H,19-21H2,1-8H3,(H,34,38)/t24-/m1/s1. The monoisotopic (exact) mass is 641 g/mol. The Labute approximate surface area is 266 Å². The normalized spacial score (nSPS) is 11.8. The van der Waals surface area contributed by atoms with Crippen molar-refractivity contribution >= 4 is 27.5 Å². The Bertz CT molecular complexity index is 1580. The van der Waals surface area contributed by atoms with E-state index < -0.39 is 28.5 Å². The number of methoxy groups -OCH3 is 4. The zero-order chi connectivity index (χ0) is 33.3. The molecule has 0 heterocycles. The lowest BCUT2D eigenvalue weighted by atomic mass is 10.1. The van der Waals surface area contributed by atoms with Gasteiger partial charge in [-0.3, -0.25) is 13.9 Å². The van der Waals surface area contributed by atoms with Crippen LogP contribution >= 0.6 is 0 Å². The van der Waals surface area contributed by atoms with Gasteiger partial charge in [-0.25, -0.2) is 8.42 Å². The average molecular weight is 642 g/mol. The molecule has 3 rings (SSSR count).